The van der Waals surface area contributed by atoms with Crippen LogP contribution < -0.4 is 5.32 Å². The van der Waals surface area contributed by atoms with Gasteiger partial charge in [0.25, 0.3) is 5.69 Å². The molecule has 0 aliphatic heterocycles. The minimum Gasteiger partial charge on any atom is -0.324 e. The van der Waals surface area contributed by atoms with Gasteiger partial charge in [0.05, 0.1) is 20.9 Å². The molecule has 28 heavy (non-hydrogen) atoms. The van der Waals surface area contributed by atoms with Crippen LogP contribution in [0.15, 0.2) is 66.1 Å². The molecule has 1 aromatic heterocycles. The zero-order valence-electron chi connectivity index (χ0n) is 14.9. The molecule has 3 rings (SSSR count). The van der Waals surface area contributed by atoms with E-state index < -0.39 is 10.2 Å². The van der Waals surface area contributed by atoms with Gasteiger partial charge in [0.1, 0.15) is 0 Å². The van der Waals surface area contributed by atoms with Gasteiger partial charge in [0.15, 0.2) is 5.16 Å². The predicted octanol–water partition coefficient (Wildman–Crippen LogP) is 4.61. The fourth-order valence-electron chi connectivity index (χ4n) is 2.48. The van der Waals surface area contributed by atoms with Gasteiger partial charge in [-0.15, -0.1) is 0 Å². The summed E-state index contributed by atoms with van der Waals surface area (Å²) in [6.45, 7) is 2.39. The average molecular weight is 417 g/mol. The number of carbonyl (C=O) groups is 1. The maximum atomic E-state index is 12.5. The zero-order valence-corrected chi connectivity index (χ0v) is 16.5. The van der Waals surface area contributed by atoms with Crippen molar-refractivity contribution in [1.29, 1.82) is 0 Å². The third kappa shape index (κ3) is 4.90. The van der Waals surface area contributed by atoms with Crippen LogP contribution in [0.2, 0.25) is 5.02 Å². The molecule has 0 spiro atoms. The summed E-state index contributed by atoms with van der Waals surface area (Å²) in [6, 6.07) is 13.9. The van der Waals surface area contributed by atoms with Crippen LogP contribution in [0.4, 0.5) is 11.4 Å². The number of nitrogens with zero attached hydrogens (tertiary/aromatic N) is 3. The van der Waals surface area contributed by atoms with Crippen molar-refractivity contribution in [2.24, 2.45) is 0 Å². The fraction of sp³-hybridized carbons (Fsp3) is 0.158. The number of benzene rings is 2. The second kappa shape index (κ2) is 8.90. The third-order valence-electron chi connectivity index (χ3n) is 3.94. The van der Waals surface area contributed by atoms with E-state index in [-0.39, 0.29) is 22.3 Å². The maximum Gasteiger partial charge on any atom is 0.271 e. The molecular weight excluding hydrogens is 400 g/mol. The molecule has 9 heteroatoms. The Bertz CT molecular complexity index is 994. The molecule has 144 valence electrons. The van der Waals surface area contributed by atoms with Crippen LogP contribution in [0.3, 0.4) is 0 Å². The first-order valence-corrected chi connectivity index (χ1v) is 9.66. The van der Waals surface area contributed by atoms with Crippen molar-refractivity contribution in [3.63, 3.8) is 0 Å². The van der Waals surface area contributed by atoms with Crippen molar-refractivity contribution in [1.82, 2.24) is 9.55 Å². The lowest BCUT2D eigenvalue weighted by atomic mass is 10.2. The molecule has 0 fully saturated rings. The number of imidazole rings is 1. The summed E-state index contributed by atoms with van der Waals surface area (Å²) in [7, 11) is 0. The van der Waals surface area contributed by atoms with Crippen LogP contribution in [0.5, 0.6) is 0 Å². The quantitative estimate of drug-likeness (QED) is 0.345. The molecule has 0 saturated heterocycles. The second-order valence-electron chi connectivity index (χ2n) is 5.99. The summed E-state index contributed by atoms with van der Waals surface area (Å²) in [5.74, 6) is -0.318. The van der Waals surface area contributed by atoms with Crippen molar-refractivity contribution >= 4 is 40.6 Å². The molecule has 1 N–H and O–H groups in total. The van der Waals surface area contributed by atoms with Crippen LogP contribution in [-0.4, -0.2) is 25.6 Å². The van der Waals surface area contributed by atoms with Crippen LogP contribution in [0, 0.1) is 10.1 Å². The number of nitro benzene ring substituents is 1. The van der Waals surface area contributed by atoms with Crippen molar-refractivity contribution in [2.45, 2.75) is 23.9 Å². The van der Waals surface area contributed by atoms with E-state index in [2.05, 4.69) is 10.3 Å². The van der Waals surface area contributed by atoms with E-state index in [0.29, 0.717) is 11.7 Å². The molecule has 0 saturated carbocycles. The van der Waals surface area contributed by atoms with Gasteiger partial charge in [-0.1, -0.05) is 53.7 Å². The number of hydrogen-bond acceptors (Lipinski definition) is 5. The number of carbonyl (C=O) groups excluding carboxylic acids is 1. The number of nitrogens with one attached hydrogen (secondary N) is 1. The number of rotatable bonds is 7. The molecule has 0 aliphatic rings. The molecule has 1 heterocycles. The largest absolute Gasteiger partial charge is 0.324 e. The van der Waals surface area contributed by atoms with Crippen molar-refractivity contribution < 1.29 is 9.72 Å². The molecule has 0 aliphatic carbocycles. The molecule has 3 aromatic rings. The Morgan fingerprint density at radius 2 is 2.07 bits per heavy atom. The smallest absolute Gasteiger partial charge is 0.271 e. The van der Waals surface area contributed by atoms with E-state index in [1.54, 1.807) is 13.1 Å². The monoisotopic (exact) mass is 416 g/mol. The van der Waals surface area contributed by atoms with Gasteiger partial charge in [-0.2, -0.15) is 0 Å². The zero-order chi connectivity index (χ0) is 20.1. The van der Waals surface area contributed by atoms with E-state index >= 15 is 0 Å². The molecule has 0 bridgehead atoms. The Hall–Kier alpha value is -2.84. The van der Waals surface area contributed by atoms with Crippen LogP contribution in [0.1, 0.15) is 12.5 Å². The lowest BCUT2D eigenvalue weighted by molar-refractivity contribution is -0.384. The lowest BCUT2D eigenvalue weighted by Crippen LogP contribution is -2.23. The van der Waals surface area contributed by atoms with Gasteiger partial charge >= 0.3 is 0 Å². The Kier molecular flexibility index (Phi) is 6.33. The number of aromatic nitrogens is 2. The minimum absolute atomic E-state index is 0.140. The highest BCUT2D eigenvalue weighted by molar-refractivity contribution is 8.00. The first kappa shape index (κ1) is 19.9. The summed E-state index contributed by atoms with van der Waals surface area (Å²) < 4.78 is 1.96. The van der Waals surface area contributed by atoms with Gasteiger partial charge in [0.2, 0.25) is 5.91 Å². The Labute approximate surface area is 170 Å². The van der Waals surface area contributed by atoms with Gasteiger partial charge in [-0.25, -0.2) is 4.98 Å². The Morgan fingerprint density at radius 3 is 2.79 bits per heavy atom. The molecule has 1 unspecified atom stereocenters. The van der Waals surface area contributed by atoms with Crippen molar-refractivity contribution in [2.75, 3.05) is 5.32 Å². The van der Waals surface area contributed by atoms with E-state index in [1.165, 1.54) is 30.0 Å². The predicted molar refractivity (Wildman–Crippen MR) is 110 cm³/mol. The normalized spacial score (nSPS) is 11.8. The second-order valence-corrected chi connectivity index (χ2v) is 7.71. The topological polar surface area (TPSA) is 90.1 Å². The highest BCUT2D eigenvalue weighted by Crippen LogP contribution is 2.28. The third-order valence-corrected chi connectivity index (χ3v) is 5.39. The van der Waals surface area contributed by atoms with Crippen molar-refractivity contribution in [3.8, 4) is 0 Å². The molecule has 0 radical (unpaired) electrons. The number of amides is 1. The standard InChI is InChI=1S/C19H17ClN4O3S/c1-13(18(25)22-17-11-15(24(26)27)7-8-16(17)20)28-19-21-9-10-23(19)12-14-5-3-2-4-6-14/h2-11,13H,12H2,1H3,(H,22,25). The van der Waals surface area contributed by atoms with Crippen molar-refractivity contribution in [3.05, 3.63) is 81.6 Å². The molecular formula is C19H17ClN4O3S. The summed E-state index contributed by atoms with van der Waals surface area (Å²) in [5.41, 5.74) is 1.20. The summed E-state index contributed by atoms with van der Waals surface area (Å²) >= 11 is 7.35. The highest BCUT2D eigenvalue weighted by atomic mass is 35.5. The van der Waals surface area contributed by atoms with Gasteiger partial charge in [-0.05, 0) is 18.6 Å². The van der Waals surface area contributed by atoms with Gasteiger partial charge in [-0.3, -0.25) is 14.9 Å². The van der Waals surface area contributed by atoms with E-state index in [9.17, 15) is 14.9 Å². The minimum atomic E-state index is -0.537. The van der Waals surface area contributed by atoms with E-state index in [0.717, 1.165) is 5.56 Å². The summed E-state index contributed by atoms with van der Waals surface area (Å²) in [5, 5.41) is 14.0. The van der Waals surface area contributed by atoms with E-state index in [4.69, 9.17) is 11.6 Å². The number of thioether (sulfide) groups is 1. The SMILES string of the molecule is CC(Sc1nccn1Cc1ccccc1)C(=O)Nc1cc([N+](=O)[O-])ccc1Cl. The fourth-order valence-corrected chi connectivity index (χ4v) is 3.51. The first-order chi connectivity index (χ1) is 13.4. The summed E-state index contributed by atoms with van der Waals surface area (Å²) in [6.07, 6.45) is 3.55. The molecule has 2 aromatic carbocycles. The Balaban J connectivity index is 1.68. The van der Waals surface area contributed by atoms with E-state index in [1.807, 2.05) is 41.1 Å². The van der Waals surface area contributed by atoms with Crippen LogP contribution in [0.25, 0.3) is 0 Å². The number of hydrogen-bond donors (Lipinski definition) is 1. The van der Waals surface area contributed by atoms with Crippen LogP contribution >= 0.6 is 23.4 Å². The molecule has 1 atom stereocenters. The number of nitro groups is 1. The Morgan fingerprint density at radius 1 is 1.32 bits per heavy atom. The number of non-ortho nitro benzene ring substituents is 1. The highest BCUT2D eigenvalue weighted by Gasteiger charge is 2.19. The van der Waals surface area contributed by atoms with Gasteiger partial charge < -0.3 is 9.88 Å². The molecule has 7 nitrogen and oxygen atoms in total. The first-order valence-electron chi connectivity index (χ1n) is 8.40. The average Bonchev–Trinajstić information content (AvgIpc) is 3.10. The number of anilines is 1. The molecule has 1 amide bonds. The number of halogens is 1. The van der Waals surface area contributed by atoms with Gasteiger partial charge in [0, 0.05) is 31.1 Å². The van der Waals surface area contributed by atoms with Crippen LogP contribution in [-0.2, 0) is 11.3 Å². The maximum absolute atomic E-state index is 12.5. The lowest BCUT2D eigenvalue weighted by Gasteiger charge is -2.14. The summed E-state index contributed by atoms with van der Waals surface area (Å²) in [4.78, 5) is 27.3.